The van der Waals surface area contributed by atoms with Crippen molar-refractivity contribution in [2.75, 3.05) is 13.1 Å². The minimum atomic E-state index is 0.358. The molecule has 0 saturated heterocycles. The Bertz CT molecular complexity index is 157. The first-order chi connectivity index (χ1) is 6.27. The molecule has 0 aromatic carbocycles. The predicted molar refractivity (Wildman–Crippen MR) is 54.5 cm³/mol. The molecule has 1 saturated carbocycles. The van der Waals surface area contributed by atoms with Crippen molar-refractivity contribution in [1.82, 2.24) is 4.90 Å². The molecule has 2 heteroatoms. The lowest BCUT2D eigenvalue weighted by molar-refractivity contribution is -0.131. The minimum Gasteiger partial charge on any atom is -0.343 e. The smallest absolute Gasteiger partial charge is 0.222 e. The van der Waals surface area contributed by atoms with E-state index in [4.69, 9.17) is 0 Å². The molecule has 0 radical (unpaired) electrons. The van der Waals surface area contributed by atoms with E-state index < -0.39 is 0 Å². The summed E-state index contributed by atoms with van der Waals surface area (Å²) < 4.78 is 0. The number of amides is 1. The van der Waals surface area contributed by atoms with E-state index in [2.05, 4.69) is 13.8 Å². The number of nitrogens with zero attached hydrogens (tertiary/aromatic N) is 1. The molecule has 0 atom stereocenters. The van der Waals surface area contributed by atoms with Gasteiger partial charge in [0.15, 0.2) is 0 Å². The molecular formula is C11H21NO. The second-order valence-corrected chi connectivity index (χ2v) is 3.92. The van der Waals surface area contributed by atoms with Gasteiger partial charge in [0.05, 0.1) is 0 Å². The number of hydrogen-bond donors (Lipinski definition) is 0. The van der Waals surface area contributed by atoms with Gasteiger partial charge in [-0.3, -0.25) is 4.79 Å². The van der Waals surface area contributed by atoms with Crippen molar-refractivity contribution in [2.45, 2.75) is 46.0 Å². The van der Waals surface area contributed by atoms with E-state index in [1.54, 1.807) is 0 Å². The molecule has 13 heavy (non-hydrogen) atoms. The average Bonchev–Trinajstić information content (AvgIpc) is 2.59. The highest BCUT2D eigenvalue weighted by molar-refractivity contribution is 5.76. The Morgan fingerprint density at radius 1 is 1.23 bits per heavy atom. The van der Waals surface area contributed by atoms with Crippen LogP contribution >= 0.6 is 0 Å². The highest BCUT2D eigenvalue weighted by Gasteiger charge is 2.20. The van der Waals surface area contributed by atoms with Gasteiger partial charge in [-0.2, -0.15) is 0 Å². The molecule has 1 aliphatic carbocycles. The number of rotatable bonds is 4. The third kappa shape index (κ3) is 3.02. The van der Waals surface area contributed by atoms with Gasteiger partial charge in [0.1, 0.15) is 0 Å². The molecular weight excluding hydrogens is 162 g/mol. The number of hydrogen-bond acceptors (Lipinski definition) is 1. The van der Waals surface area contributed by atoms with E-state index in [0.29, 0.717) is 11.8 Å². The van der Waals surface area contributed by atoms with Gasteiger partial charge >= 0.3 is 0 Å². The van der Waals surface area contributed by atoms with E-state index in [1.807, 2.05) is 4.90 Å². The van der Waals surface area contributed by atoms with Crippen LogP contribution in [0.15, 0.2) is 0 Å². The van der Waals surface area contributed by atoms with Crippen molar-refractivity contribution in [2.24, 2.45) is 5.92 Å². The third-order valence-electron chi connectivity index (χ3n) is 3.05. The zero-order chi connectivity index (χ0) is 9.68. The first-order valence-corrected chi connectivity index (χ1v) is 5.55. The van der Waals surface area contributed by atoms with Crippen LogP contribution in [-0.2, 0) is 4.79 Å². The monoisotopic (exact) mass is 183 g/mol. The average molecular weight is 183 g/mol. The molecule has 0 aromatic heterocycles. The van der Waals surface area contributed by atoms with Crippen LogP contribution < -0.4 is 0 Å². The Kier molecular flexibility index (Phi) is 4.26. The van der Waals surface area contributed by atoms with Crippen LogP contribution in [0.5, 0.6) is 0 Å². The zero-order valence-corrected chi connectivity index (χ0v) is 8.88. The molecule has 2 nitrogen and oxygen atoms in total. The molecule has 1 rings (SSSR count). The molecule has 0 spiro atoms. The zero-order valence-electron chi connectivity index (χ0n) is 8.88. The second-order valence-electron chi connectivity index (χ2n) is 3.92. The summed E-state index contributed by atoms with van der Waals surface area (Å²) in [5.74, 6) is 1.05. The fourth-order valence-electron chi connectivity index (χ4n) is 2.17. The lowest BCUT2D eigenvalue weighted by Crippen LogP contribution is -2.31. The van der Waals surface area contributed by atoms with Crippen LogP contribution in [0.3, 0.4) is 0 Å². The van der Waals surface area contributed by atoms with Gasteiger partial charge in [0, 0.05) is 19.5 Å². The van der Waals surface area contributed by atoms with Gasteiger partial charge in [-0.05, 0) is 32.6 Å². The molecule has 1 fully saturated rings. The molecule has 0 bridgehead atoms. The first kappa shape index (κ1) is 10.6. The maximum absolute atomic E-state index is 11.7. The molecule has 0 unspecified atom stereocenters. The lowest BCUT2D eigenvalue weighted by atomic mass is 10.0. The van der Waals surface area contributed by atoms with Crippen LogP contribution in [0, 0.1) is 5.92 Å². The van der Waals surface area contributed by atoms with Gasteiger partial charge in [0.25, 0.3) is 0 Å². The topological polar surface area (TPSA) is 20.3 Å². The lowest BCUT2D eigenvalue weighted by Gasteiger charge is -2.20. The highest BCUT2D eigenvalue weighted by atomic mass is 16.2. The highest BCUT2D eigenvalue weighted by Crippen LogP contribution is 2.27. The van der Waals surface area contributed by atoms with Crippen molar-refractivity contribution < 1.29 is 4.79 Å². The van der Waals surface area contributed by atoms with Crippen molar-refractivity contribution >= 4 is 5.91 Å². The summed E-state index contributed by atoms with van der Waals surface area (Å²) in [6.45, 7) is 5.83. The summed E-state index contributed by atoms with van der Waals surface area (Å²) >= 11 is 0. The van der Waals surface area contributed by atoms with Crippen LogP contribution in [0.1, 0.15) is 46.0 Å². The van der Waals surface area contributed by atoms with Gasteiger partial charge < -0.3 is 4.90 Å². The molecule has 1 aliphatic rings. The summed E-state index contributed by atoms with van der Waals surface area (Å²) in [5.41, 5.74) is 0. The van der Waals surface area contributed by atoms with E-state index >= 15 is 0 Å². The van der Waals surface area contributed by atoms with Crippen LogP contribution in [0.2, 0.25) is 0 Å². The molecule has 0 aromatic rings. The van der Waals surface area contributed by atoms with Crippen molar-refractivity contribution in [3.63, 3.8) is 0 Å². The predicted octanol–water partition coefficient (Wildman–Crippen LogP) is 2.44. The summed E-state index contributed by atoms with van der Waals surface area (Å²) in [6.07, 6.45) is 5.99. The van der Waals surface area contributed by atoms with Crippen molar-refractivity contribution in [1.29, 1.82) is 0 Å². The minimum absolute atomic E-state index is 0.358. The molecule has 1 amide bonds. The van der Waals surface area contributed by atoms with Gasteiger partial charge in [-0.25, -0.2) is 0 Å². The maximum Gasteiger partial charge on any atom is 0.222 e. The van der Waals surface area contributed by atoms with Crippen LogP contribution in [0.25, 0.3) is 0 Å². The van der Waals surface area contributed by atoms with E-state index in [-0.39, 0.29) is 0 Å². The van der Waals surface area contributed by atoms with Crippen molar-refractivity contribution in [3.8, 4) is 0 Å². The Morgan fingerprint density at radius 2 is 1.77 bits per heavy atom. The number of carbonyl (C=O) groups excluding carboxylic acids is 1. The first-order valence-electron chi connectivity index (χ1n) is 5.55. The van der Waals surface area contributed by atoms with Crippen LogP contribution in [-0.4, -0.2) is 23.9 Å². The van der Waals surface area contributed by atoms with Gasteiger partial charge in [-0.1, -0.05) is 12.8 Å². The molecule has 0 aliphatic heterocycles. The number of carbonyl (C=O) groups is 1. The third-order valence-corrected chi connectivity index (χ3v) is 3.05. The Morgan fingerprint density at radius 3 is 2.23 bits per heavy atom. The fraction of sp³-hybridized carbons (Fsp3) is 0.909. The van der Waals surface area contributed by atoms with E-state index in [9.17, 15) is 4.79 Å². The maximum atomic E-state index is 11.7. The fourth-order valence-corrected chi connectivity index (χ4v) is 2.17. The van der Waals surface area contributed by atoms with E-state index in [0.717, 1.165) is 19.5 Å². The quantitative estimate of drug-likeness (QED) is 0.655. The summed E-state index contributed by atoms with van der Waals surface area (Å²) in [7, 11) is 0. The Balaban J connectivity index is 2.29. The van der Waals surface area contributed by atoms with Crippen molar-refractivity contribution in [3.05, 3.63) is 0 Å². The Hall–Kier alpha value is -0.530. The second kappa shape index (κ2) is 5.25. The normalized spacial score (nSPS) is 17.7. The Labute approximate surface area is 81.3 Å². The summed E-state index contributed by atoms with van der Waals surface area (Å²) in [5, 5.41) is 0. The van der Waals surface area contributed by atoms with Gasteiger partial charge in [0.2, 0.25) is 5.91 Å². The van der Waals surface area contributed by atoms with Crippen LogP contribution in [0.4, 0.5) is 0 Å². The SMILES string of the molecule is CCN(CC)C(=O)CC1CCCC1. The standard InChI is InChI=1S/C11H21NO/c1-3-12(4-2)11(13)9-10-7-5-6-8-10/h10H,3-9H2,1-2H3. The molecule has 76 valence electrons. The molecule has 0 N–H and O–H groups in total. The van der Waals surface area contributed by atoms with E-state index in [1.165, 1.54) is 25.7 Å². The summed E-state index contributed by atoms with van der Waals surface area (Å²) in [4.78, 5) is 13.6. The largest absolute Gasteiger partial charge is 0.343 e. The summed E-state index contributed by atoms with van der Waals surface area (Å²) in [6, 6.07) is 0. The van der Waals surface area contributed by atoms with Gasteiger partial charge in [-0.15, -0.1) is 0 Å². The molecule has 0 heterocycles.